The minimum Gasteiger partial charge on any atom is -0.392 e. The van der Waals surface area contributed by atoms with Crippen LogP contribution in [0.4, 0.5) is 0 Å². The van der Waals surface area contributed by atoms with Gasteiger partial charge in [0.15, 0.2) is 0 Å². The second-order valence-corrected chi connectivity index (χ2v) is 5.60. The van der Waals surface area contributed by atoms with Crippen molar-refractivity contribution < 1.29 is 5.11 Å². The molecule has 2 fully saturated rings. The molecular formula is C13H26N2O. The molecule has 94 valence electrons. The average molecular weight is 226 g/mol. The van der Waals surface area contributed by atoms with Crippen molar-refractivity contribution in [2.75, 3.05) is 19.6 Å². The Balaban J connectivity index is 1.86. The van der Waals surface area contributed by atoms with E-state index in [2.05, 4.69) is 17.1 Å². The van der Waals surface area contributed by atoms with Crippen LogP contribution < -0.4 is 5.32 Å². The third-order valence-corrected chi connectivity index (χ3v) is 4.16. The lowest BCUT2D eigenvalue weighted by atomic mass is 9.96. The van der Waals surface area contributed by atoms with Gasteiger partial charge in [-0.05, 0) is 58.5 Å². The summed E-state index contributed by atoms with van der Waals surface area (Å²) in [6.45, 7) is 7.63. The normalized spacial score (nSPS) is 27.0. The molecule has 2 aliphatic rings. The lowest BCUT2D eigenvalue weighted by molar-refractivity contribution is 0.0515. The van der Waals surface area contributed by atoms with Gasteiger partial charge in [-0.25, -0.2) is 0 Å². The minimum atomic E-state index is -0.206. The van der Waals surface area contributed by atoms with E-state index >= 15 is 0 Å². The van der Waals surface area contributed by atoms with Crippen LogP contribution in [0.2, 0.25) is 0 Å². The number of hydrogen-bond acceptors (Lipinski definition) is 3. The van der Waals surface area contributed by atoms with Crippen LogP contribution in [0, 0.1) is 5.92 Å². The van der Waals surface area contributed by atoms with Crippen LogP contribution in [-0.4, -0.2) is 47.8 Å². The van der Waals surface area contributed by atoms with Gasteiger partial charge >= 0.3 is 0 Å². The summed E-state index contributed by atoms with van der Waals surface area (Å²) in [4.78, 5) is 2.56. The van der Waals surface area contributed by atoms with Crippen molar-refractivity contribution in [3.8, 4) is 0 Å². The molecule has 16 heavy (non-hydrogen) atoms. The summed E-state index contributed by atoms with van der Waals surface area (Å²) in [5, 5.41) is 13.2. The summed E-state index contributed by atoms with van der Waals surface area (Å²) in [6.07, 6.45) is 5.07. The predicted octanol–water partition coefficient (Wildman–Crippen LogP) is 1.22. The van der Waals surface area contributed by atoms with E-state index in [1.165, 1.54) is 45.3 Å². The first-order chi connectivity index (χ1) is 7.68. The van der Waals surface area contributed by atoms with Gasteiger partial charge in [-0.3, -0.25) is 4.90 Å². The van der Waals surface area contributed by atoms with E-state index in [4.69, 9.17) is 0 Å². The van der Waals surface area contributed by atoms with E-state index < -0.39 is 0 Å². The second-order valence-electron chi connectivity index (χ2n) is 5.60. The Morgan fingerprint density at radius 2 is 1.81 bits per heavy atom. The zero-order valence-corrected chi connectivity index (χ0v) is 10.7. The average Bonchev–Trinajstić information content (AvgIpc) is 3.10. The number of nitrogens with zero attached hydrogens (tertiary/aromatic N) is 1. The number of piperidine rings is 1. The Morgan fingerprint density at radius 3 is 2.31 bits per heavy atom. The Morgan fingerprint density at radius 1 is 1.19 bits per heavy atom. The predicted molar refractivity (Wildman–Crippen MR) is 66.5 cm³/mol. The van der Waals surface area contributed by atoms with Crippen LogP contribution in [0.5, 0.6) is 0 Å². The van der Waals surface area contributed by atoms with E-state index in [-0.39, 0.29) is 6.10 Å². The molecule has 1 saturated carbocycles. The van der Waals surface area contributed by atoms with Crippen LogP contribution in [0.3, 0.4) is 0 Å². The van der Waals surface area contributed by atoms with Crippen molar-refractivity contribution in [1.82, 2.24) is 10.2 Å². The van der Waals surface area contributed by atoms with E-state index in [1.54, 1.807) is 0 Å². The van der Waals surface area contributed by atoms with Gasteiger partial charge in [0.05, 0.1) is 6.10 Å². The molecule has 0 aromatic carbocycles. The van der Waals surface area contributed by atoms with Crippen LogP contribution >= 0.6 is 0 Å². The molecule has 1 aliphatic heterocycles. The Hall–Kier alpha value is -0.120. The quantitative estimate of drug-likeness (QED) is 0.740. The number of aliphatic hydroxyl groups excluding tert-OH is 1. The zero-order valence-electron chi connectivity index (χ0n) is 10.7. The molecule has 2 unspecified atom stereocenters. The van der Waals surface area contributed by atoms with Gasteiger partial charge in [0.1, 0.15) is 0 Å². The van der Waals surface area contributed by atoms with E-state index in [1.807, 2.05) is 6.92 Å². The van der Waals surface area contributed by atoms with Gasteiger partial charge in [0.25, 0.3) is 0 Å². The molecule has 0 aromatic rings. The summed E-state index contributed by atoms with van der Waals surface area (Å²) >= 11 is 0. The fourth-order valence-electron chi connectivity index (χ4n) is 2.69. The van der Waals surface area contributed by atoms with E-state index in [9.17, 15) is 5.11 Å². The highest BCUT2D eigenvalue weighted by atomic mass is 16.3. The Kier molecular flexibility index (Phi) is 4.22. The van der Waals surface area contributed by atoms with Gasteiger partial charge in [-0.15, -0.1) is 0 Å². The topological polar surface area (TPSA) is 35.5 Å². The van der Waals surface area contributed by atoms with Crippen LogP contribution in [0.25, 0.3) is 0 Å². The summed E-state index contributed by atoms with van der Waals surface area (Å²) < 4.78 is 0. The molecule has 3 heteroatoms. The van der Waals surface area contributed by atoms with Crippen LogP contribution in [0.1, 0.15) is 39.5 Å². The Bertz CT molecular complexity index is 210. The van der Waals surface area contributed by atoms with Gasteiger partial charge in [0.2, 0.25) is 0 Å². The fourth-order valence-corrected chi connectivity index (χ4v) is 2.69. The van der Waals surface area contributed by atoms with Crippen molar-refractivity contribution in [1.29, 1.82) is 0 Å². The monoisotopic (exact) mass is 226 g/mol. The molecule has 3 nitrogen and oxygen atoms in total. The molecule has 1 heterocycles. The van der Waals surface area contributed by atoms with E-state index in [0.29, 0.717) is 6.04 Å². The molecule has 0 radical (unpaired) electrons. The maximum atomic E-state index is 9.74. The third kappa shape index (κ3) is 3.19. The van der Waals surface area contributed by atoms with Crippen LogP contribution in [0.15, 0.2) is 0 Å². The molecule has 0 amide bonds. The van der Waals surface area contributed by atoms with Crippen molar-refractivity contribution in [3.63, 3.8) is 0 Å². The lowest BCUT2D eigenvalue weighted by Crippen LogP contribution is -2.45. The molecule has 1 aliphatic carbocycles. The first kappa shape index (κ1) is 12.3. The summed E-state index contributed by atoms with van der Waals surface area (Å²) in [5.74, 6) is 0.836. The van der Waals surface area contributed by atoms with Gasteiger partial charge in [0, 0.05) is 18.6 Å². The molecule has 0 aromatic heterocycles. The minimum absolute atomic E-state index is 0.206. The zero-order chi connectivity index (χ0) is 11.5. The molecule has 2 atom stereocenters. The maximum absolute atomic E-state index is 9.74. The smallest absolute Gasteiger partial charge is 0.0664 e. The number of hydrogen-bond donors (Lipinski definition) is 2. The van der Waals surface area contributed by atoms with Gasteiger partial charge < -0.3 is 10.4 Å². The summed E-state index contributed by atoms with van der Waals surface area (Å²) in [5.41, 5.74) is 0. The highest BCUT2D eigenvalue weighted by molar-refractivity contribution is 4.90. The largest absolute Gasteiger partial charge is 0.392 e. The van der Waals surface area contributed by atoms with Crippen molar-refractivity contribution in [2.24, 2.45) is 5.92 Å². The molecule has 0 bridgehead atoms. The second kappa shape index (κ2) is 5.48. The van der Waals surface area contributed by atoms with Crippen molar-refractivity contribution >= 4 is 0 Å². The standard InChI is InChI=1S/C13H26N2O/c1-10(11(2)16)15(13-3-4-13)9-12-5-7-14-8-6-12/h10-14,16H,3-9H2,1-2H3. The van der Waals surface area contributed by atoms with Crippen molar-refractivity contribution in [3.05, 3.63) is 0 Å². The SMILES string of the molecule is CC(O)C(C)N(CC1CCNCC1)C1CC1. The highest BCUT2D eigenvalue weighted by Gasteiger charge is 2.35. The molecule has 1 saturated heterocycles. The first-order valence-corrected chi connectivity index (χ1v) is 6.83. The molecular weight excluding hydrogens is 200 g/mol. The number of nitrogens with one attached hydrogen (secondary N) is 1. The fraction of sp³-hybridized carbons (Fsp3) is 1.00. The van der Waals surface area contributed by atoms with Crippen molar-refractivity contribution in [2.45, 2.75) is 57.7 Å². The number of rotatable bonds is 5. The molecule has 2 N–H and O–H groups in total. The van der Waals surface area contributed by atoms with Gasteiger partial charge in [-0.1, -0.05) is 0 Å². The van der Waals surface area contributed by atoms with E-state index in [0.717, 1.165) is 12.0 Å². The number of aliphatic hydroxyl groups is 1. The van der Waals surface area contributed by atoms with Crippen LogP contribution in [-0.2, 0) is 0 Å². The highest BCUT2D eigenvalue weighted by Crippen LogP contribution is 2.31. The van der Waals surface area contributed by atoms with Gasteiger partial charge in [-0.2, -0.15) is 0 Å². The summed E-state index contributed by atoms with van der Waals surface area (Å²) in [6, 6.07) is 1.09. The third-order valence-electron chi connectivity index (χ3n) is 4.16. The maximum Gasteiger partial charge on any atom is 0.0664 e. The first-order valence-electron chi connectivity index (χ1n) is 6.83. The summed E-state index contributed by atoms with van der Waals surface area (Å²) in [7, 11) is 0. The lowest BCUT2D eigenvalue weighted by Gasteiger charge is -2.35. The Labute approximate surface area is 99.2 Å². The molecule has 2 rings (SSSR count). The molecule has 0 spiro atoms.